The lowest BCUT2D eigenvalue weighted by Crippen LogP contribution is -2.42. The van der Waals surface area contributed by atoms with Crippen molar-refractivity contribution in [2.75, 3.05) is 0 Å². The Kier molecular flexibility index (Phi) is 7.56. The summed E-state index contributed by atoms with van der Waals surface area (Å²) in [7, 11) is 0. The third-order valence-corrected chi connectivity index (χ3v) is 2.80. The lowest BCUT2D eigenvalue weighted by Gasteiger charge is -2.17. The molecule has 1 atom stereocenters. The summed E-state index contributed by atoms with van der Waals surface area (Å²) in [4.78, 5) is 4.43. The van der Waals surface area contributed by atoms with Crippen molar-refractivity contribution < 1.29 is 0 Å². The number of nitrogens with one attached hydrogen (secondary N) is 1. The van der Waals surface area contributed by atoms with Crippen LogP contribution < -0.4 is 11.1 Å². The molecule has 0 spiro atoms. The van der Waals surface area contributed by atoms with E-state index in [1.807, 2.05) is 0 Å². The fourth-order valence-corrected chi connectivity index (χ4v) is 1.83. The number of terminal acetylenes is 1. The molecule has 0 aromatic rings. The fraction of sp³-hybridized carbons (Fsp3) is 0.750. The van der Waals surface area contributed by atoms with Gasteiger partial charge in [0.15, 0.2) is 5.96 Å². The van der Waals surface area contributed by atoms with E-state index >= 15 is 0 Å². The topological polar surface area (TPSA) is 50.4 Å². The van der Waals surface area contributed by atoms with E-state index in [0.717, 1.165) is 12.8 Å². The van der Waals surface area contributed by atoms with E-state index in [9.17, 15) is 0 Å². The second-order valence-corrected chi connectivity index (χ2v) is 4.49. The maximum absolute atomic E-state index is 5.81. The Labute approximate surface area is 116 Å². The summed E-state index contributed by atoms with van der Waals surface area (Å²) < 4.78 is 0. The van der Waals surface area contributed by atoms with Gasteiger partial charge in [-0.05, 0) is 18.8 Å². The minimum atomic E-state index is -0.0184. The number of hydrogen-bond donors (Lipinski definition) is 2. The van der Waals surface area contributed by atoms with Gasteiger partial charge in [0.1, 0.15) is 0 Å². The minimum absolute atomic E-state index is 0. The van der Waals surface area contributed by atoms with E-state index in [1.54, 1.807) is 0 Å². The quantitative estimate of drug-likeness (QED) is 0.359. The summed E-state index contributed by atoms with van der Waals surface area (Å²) >= 11 is 0. The molecule has 0 heterocycles. The Morgan fingerprint density at radius 1 is 1.44 bits per heavy atom. The smallest absolute Gasteiger partial charge is 0.189 e. The Balaban J connectivity index is 0.00000225. The molecule has 92 valence electrons. The first-order valence-electron chi connectivity index (χ1n) is 5.69. The van der Waals surface area contributed by atoms with E-state index in [0.29, 0.717) is 17.9 Å². The van der Waals surface area contributed by atoms with Gasteiger partial charge in [0, 0.05) is 0 Å². The van der Waals surface area contributed by atoms with Gasteiger partial charge >= 0.3 is 0 Å². The number of halogens is 1. The van der Waals surface area contributed by atoms with Gasteiger partial charge in [0.2, 0.25) is 0 Å². The highest BCUT2D eigenvalue weighted by atomic mass is 127. The number of aliphatic imine (C=N–C) groups is 1. The summed E-state index contributed by atoms with van der Waals surface area (Å²) in [6.45, 7) is 4.14. The van der Waals surface area contributed by atoms with E-state index in [1.165, 1.54) is 12.8 Å². The maximum atomic E-state index is 5.81. The van der Waals surface area contributed by atoms with Crippen LogP contribution in [0.25, 0.3) is 0 Å². The molecule has 0 saturated heterocycles. The minimum Gasteiger partial charge on any atom is -0.370 e. The first kappa shape index (κ1) is 15.6. The summed E-state index contributed by atoms with van der Waals surface area (Å²) in [5, 5.41) is 3.08. The average molecular weight is 335 g/mol. The van der Waals surface area contributed by atoms with Gasteiger partial charge in [-0.2, -0.15) is 0 Å². The Hall–Kier alpha value is -0.440. The van der Waals surface area contributed by atoms with Gasteiger partial charge in [-0.25, -0.2) is 0 Å². The van der Waals surface area contributed by atoms with Crippen molar-refractivity contribution in [1.82, 2.24) is 5.32 Å². The Morgan fingerprint density at radius 3 is 2.44 bits per heavy atom. The first-order valence-corrected chi connectivity index (χ1v) is 5.69. The molecule has 0 aromatic carbocycles. The summed E-state index contributed by atoms with van der Waals surface area (Å²) in [6.07, 6.45) is 10.3. The van der Waals surface area contributed by atoms with Crippen molar-refractivity contribution in [3.63, 3.8) is 0 Å². The van der Waals surface area contributed by atoms with Gasteiger partial charge in [0.05, 0.1) is 12.1 Å². The van der Waals surface area contributed by atoms with Crippen molar-refractivity contribution in [3.05, 3.63) is 0 Å². The molecule has 0 radical (unpaired) electrons. The van der Waals surface area contributed by atoms with Crippen LogP contribution in [0.5, 0.6) is 0 Å². The third-order valence-electron chi connectivity index (χ3n) is 2.80. The lowest BCUT2D eigenvalue weighted by atomic mass is 10.1. The fourth-order valence-electron chi connectivity index (χ4n) is 1.83. The number of guanidine groups is 1. The predicted octanol–water partition coefficient (Wildman–Crippen LogP) is 2.11. The van der Waals surface area contributed by atoms with E-state index in [2.05, 4.69) is 30.1 Å². The maximum Gasteiger partial charge on any atom is 0.189 e. The summed E-state index contributed by atoms with van der Waals surface area (Å²) in [5.74, 6) is 3.55. The van der Waals surface area contributed by atoms with Crippen molar-refractivity contribution in [1.29, 1.82) is 0 Å². The van der Waals surface area contributed by atoms with Crippen LogP contribution in [-0.2, 0) is 0 Å². The van der Waals surface area contributed by atoms with Crippen LogP contribution in [-0.4, -0.2) is 18.0 Å². The molecule has 3 N–H and O–H groups in total. The van der Waals surface area contributed by atoms with Gasteiger partial charge in [-0.3, -0.25) is 4.99 Å². The zero-order chi connectivity index (χ0) is 11.3. The number of nitrogens with two attached hydrogens (primary N) is 1. The lowest BCUT2D eigenvalue weighted by molar-refractivity contribution is 0.538. The van der Waals surface area contributed by atoms with Crippen molar-refractivity contribution in [2.24, 2.45) is 16.6 Å². The standard InChI is InChI=1S/C12H21N3.HI/c1-4-11(9(2)3)15-12(13)14-10-7-5-6-8-10;/h1,9-11H,5-8H2,2-3H3,(H3,13,14,15);1H. The number of hydrogen-bond acceptors (Lipinski definition) is 1. The Morgan fingerprint density at radius 2 is 2.00 bits per heavy atom. The van der Waals surface area contributed by atoms with Crippen LogP contribution in [0, 0.1) is 18.3 Å². The molecule has 16 heavy (non-hydrogen) atoms. The molecule has 0 bridgehead atoms. The van der Waals surface area contributed by atoms with E-state index in [4.69, 9.17) is 12.2 Å². The van der Waals surface area contributed by atoms with Crippen LogP contribution in [0.1, 0.15) is 39.5 Å². The normalized spacial score (nSPS) is 19.0. The van der Waals surface area contributed by atoms with Crippen LogP contribution in [0.3, 0.4) is 0 Å². The van der Waals surface area contributed by atoms with Crippen molar-refractivity contribution in [2.45, 2.75) is 51.6 Å². The molecule has 1 saturated carbocycles. The van der Waals surface area contributed by atoms with Gasteiger partial charge < -0.3 is 11.1 Å². The SMILES string of the molecule is C#CC(NC(N)=NC1CCCC1)C(C)C.I. The Bertz CT molecular complexity index is 262. The molecule has 0 aromatic heterocycles. The molecule has 0 aliphatic heterocycles. The molecule has 1 unspecified atom stereocenters. The first-order chi connectivity index (χ1) is 7.13. The number of rotatable bonds is 3. The molecular formula is C12H22IN3. The van der Waals surface area contributed by atoms with E-state index < -0.39 is 0 Å². The van der Waals surface area contributed by atoms with Crippen molar-refractivity contribution >= 4 is 29.9 Å². The second-order valence-electron chi connectivity index (χ2n) is 4.49. The molecule has 3 nitrogen and oxygen atoms in total. The summed E-state index contributed by atoms with van der Waals surface area (Å²) in [5.41, 5.74) is 5.81. The van der Waals surface area contributed by atoms with Crippen molar-refractivity contribution in [3.8, 4) is 12.3 Å². The molecular weight excluding hydrogens is 313 g/mol. The molecule has 1 aliphatic rings. The zero-order valence-electron chi connectivity index (χ0n) is 10.1. The predicted molar refractivity (Wildman–Crippen MR) is 79.9 cm³/mol. The molecule has 1 rings (SSSR count). The molecule has 4 heteroatoms. The van der Waals surface area contributed by atoms with Crippen LogP contribution >= 0.6 is 24.0 Å². The molecule has 0 amide bonds. The molecule has 1 fully saturated rings. The monoisotopic (exact) mass is 335 g/mol. The zero-order valence-corrected chi connectivity index (χ0v) is 12.4. The van der Waals surface area contributed by atoms with Crippen LogP contribution in [0.15, 0.2) is 4.99 Å². The van der Waals surface area contributed by atoms with Gasteiger partial charge in [-0.15, -0.1) is 30.4 Å². The molecule has 1 aliphatic carbocycles. The van der Waals surface area contributed by atoms with Gasteiger partial charge in [0.25, 0.3) is 0 Å². The highest BCUT2D eigenvalue weighted by molar-refractivity contribution is 14.0. The average Bonchev–Trinajstić information content (AvgIpc) is 2.66. The van der Waals surface area contributed by atoms with Crippen LogP contribution in [0.4, 0.5) is 0 Å². The number of nitrogens with zero attached hydrogens (tertiary/aromatic N) is 1. The summed E-state index contributed by atoms with van der Waals surface area (Å²) in [6, 6.07) is 0.387. The highest BCUT2D eigenvalue weighted by Gasteiger charge is 2.15. The van der Waals surface area contributed by atoms with E-state index in [-0.39, 0.29) is 30.0 Å². The van der Waals surface area contributed by atoms with Gasteiger partial charge in [-0.1, -0.05) is 32.6 Å². The third kappa shape index (κ3) is 5.06. The second kappa shape index (κ2) is 7.77. The largest absolute Gasteiger partial charge is 0.370 e. The highest BCUT2D eigenvalue weighted by Crippen LogP contribution is 2.20. The van der Waals surface area contributed by atoms with Crippen LogP contribution in [0.2, 0.25) is 0 Å².